The van der Waals surface area contributed by atoms with Crippen molar-refractivity contribution in [3.05, 3.63) is 121 Å². The number of hydrogen-bond donors (Lipinski definition) is 0. The summed E-state index contributed by atoms with van der Waals surface area (Å²) >= 11 is 1.90. The molecule has 0 aliphatic carbocycles. The third-order valence-corrected chi connectivity index (χ3v) is 9.08. The van der Waals surface area contributed by atoms with Gasteiger partial charge in [-0.1, -0.05) is 66.7 Å². The van der Waals surface area contributed by atoms with Gasteiger partial charge in [-0.25, -0.2) is 0 Å². The second-order valence-corrected chi connectivity index (χ2v) is 11.1. The minimum atomic E-state index is 1.00. The summed E-state index contributed by atoms with van der Waals surface area (Å²) in [5.41, 5.74) is 8.48. The van der Waals surface area contributed by atoms with Crippen molar-refractivity contribution in [1.82, 2.24) is 9.38 Å². The Hall–Kier alpha value is -4.73. The first-order chi connectivity index (χ1) is 18.8. The van der Waals surface area contributed by atoms with Crippen molar-refractivity contribution in [2.45, 2.75) is 0 Å². The van der Waals surface area contributed by atoms with E-state index in [9.17, 15) is 0 Å². The normalized spacial score (nSPS) is 12.2. The van der Waals surface area contributed by atoms with E-state index in [1.165, 1.54) is 69.4 Å². The molecule has 176 valence electrons. The molecule has 0 fully saturated rings. The molecule has 0 aliphatic heterocycles. The Kier molecular flexibility index (Phi) is 3.96. The Labute approximate surface area is 222 Å². The summed E-state index contributed by atoms with van der Waals surface area (Å²) < 4.78 is 5.14. The molecule has 0 unspecified atom stereocenters. The van der Waals surface area contributed by atoms with Crippen LogP contribution < -0.4 is 0 Å². The number of hydrogen-bond acceptors (Lipinski definition) is 2. The van der Waals surface area contributed by atoms with Gasteiger partial charge in [0.05, 0.1) is 22.2 Å². The lowest BCUT2D eigenvalue weighted by atomic mass is 9.98. The summed E-state index contributed by atoms with van der Waals surface area (Å²) in [7, 11) is 0. The number of fused-ring (bicyclic) bond motifs is 10. The third-order valence-electron chi connectivity index (χ3n) is 7.97. The summed E-state index contributed by atoms with van der Waals surface area (Å²) in [6.45, 7) is 0. The smallest absolute Gasteiger partial charge is 0.0702 e. The lowest BCUT2D eigenvalue weighted by Gasteiger charge is -2.04. The zero-order valence-corrected chi connectivity index (χ0v) is 21.2. The van der Waals surface area contributed by atoms with Gasteiger partial charge in [0.25, 0.3) is 0 Å². The molecule has 9 rings (SSSR count). The highest BCUT2D eigenvalue weighted by atomic mass is 32.1. The molecule has 0 radical (unpaired) electrons. The van der Waals surface area contributed by atoms with Gasteiger partial charge in [0, 0.05) is 53.5 Å². The first-order valence-electron chi connectivity index (χ1n) is 12.9. The van der Waals surface area contributed by atoms with Gasteiger partial charge in [0.1, 0.15) is 0 Å². The van der Waals surface area contributed by atoms with E-state index >= 15 is 0 Å². The van der Waals surface area contributed by atoms with Crippen molar-refractivity contribution < 1.29 is 0 Å². The molecular weight excluding hydrogens is 480 g/mol. The van der Waals surface area contributed by atoms with Crippen LogP contribution in [0.15, 0.2) is 121 Å². The van der Waals surface area contributed by atoms with Crippen molar-refractivity contribution in [3.8, 4) is 22.4 Å². The van der Waals surface area contributed by atoms with Gasteiger partial charge in [-0.05, 0) is 59.7 Å². The predicted molar refractivity (Wildman–Crippen MR) is 163 cm³/mol. The topological polar surface area (TPSA) is 17.3 Å². The lowest BCUT2D eigenvalue weighted by molar-refractivity contribution is 1.33. The molecule has 0 aliphatic rings. The van der Waals surface area contributed by atoms with Crippen LogP contribution >= 0.6 is 11.3 Å². The Balaban J connectivity index is 1.50. The largest absolute Gasteiger partial charge is 0.308 e. The maximum Gasteiger partial charge on any atom is 0.0702 e. The van der Waals surface area contributed by atoms with Crippen molar-refractivity contribution in [3.63, 3.8) is 0 Å². The maximum absolute atomic E-state index is 4.65. The average molecular weight is 501 g/mol. The molecule has 0 amide bonds. The fraction of sp³-hybridized carbons (Fsp3) is 0. The van der Waals surface area contributed by atoms with E-state index in [2.05, 4.69) is 119 Å². The minimum absolute atomic E-state index is 1.00. The van der Waals surface area contributed by atoms with Crippen LogP contribution in [-0.4, -0.2) is 9.38 Å². The van der Waals surface area contributed by atoms with Gasteiger partial charge in [-0.2, -0.15) is 0 Å². The van der Waals surface area contributed by atoms with Gasteiger partial charge in [0.2, 0.25) is 0 Å². The Morgan fingerprint density at radius 1 is 0.500 bits per heavy atom. The van der Waals surface area contributed by atoms with Crippen LogP contribution in [0.25, 0.3) is 80.7 Å². The lowest BCUT2D eigenvalue weighted by Crippen LogP contribution is -1.83. The van der Waals surface area contributed by atoms with E-state index in [0.29, 0.717) is 0 Å². The molecule has 4 aromatic heterocycles. The number of para-hydroxylation sites is 1. The molecule has 3 heteroatoms. The Morgan fingerprint density at radius 3 is 2.18 bits per heavy atom. The van der Waals surface area contributed by atoms with Crippen molar-refractivity contribution in [2.75, 3.05) is 0 Å². The number of rotatable bonds is 2. The molecule has 0 spiro atoms. The highest BCUT2D eigenvalue weighted by molar-refractivity contribution is 7.26. The minimum Gasteiger partial charge on any atom is -0.308 e. The number of thiophene rings is 1. The molecule has 0 saturated heterocycles. The van der Waals surface area contributed by atoms with Crippen LogP contribution in [0, 0.1) is 0 Å². The van der Waals surface area contributed by atoms with Gasteiger partial charge in [-0.15, -0.1) is 11.3 Å². The van der Waals surface area contributed by atoms with Crippen LogP contribution in [0.4, 0.5) is 0 Å². The van der Waals surface area contributed by atoms with E-state index in [1.807, 2.05) is 23.6 Å². The molecule has 5 aromatic carbocycles. The second-order valence-electron chi connectivity index (χ2n) is 10.00. The third kappa shape index (κ3) is 2.64. The number of nitrogens with zero attached hydrogens (tertiary/aromatic N) is 2. The molecular formula is C35H20N2S. The Bertz CT molecular complexity index is 2330. The summed E-state index contributed by atoms with van der Waals surface area (Å²) in [5.74, 6) is 0. The van der Waals surface area contributed by atoms with E-state index in [1.54, 1.807) is 0 Å². The molecule has 0 saturated carbocycles. The van der Waals surface area contributed by atoms with E-state index in [4.69, 9.17) is 0 Å². The van der Waals surface area contributed by atoms with Crippen LogP contribution in [-0.2, 0) is 0 Å². The van der Waals surface area contributed by atoms with Gasteiger partial charge in [0.15, 0.2) is 0 Å². The van der Waals surface area contributed by atoms with Gasteiger partial charge in [-0.3, -0.25) is 4.98 Å². The molecule has 0 atom stereocenters. The predicted octanol–water partition coefficient (Wildman–Crippen LogP) is 9.93. The van der Waals surface area contributed by atoms with Crippen molar-refractivity contribution in [1.29, 1.82) is 0 Å². The molecule has 0 N–H and O–H groups in total. The highest BCUT2D eigenvalue weighted by Gasteiger charge is 2.22. The monoisotopic (exact) mass is 500 g/mol. The first kappa shape index (κ1) is 20.3. The van der Waals surface area contributed by atoms with Gasteiger partial charge >= 0.3 is 0 Å². The summed E-state index contributed by atoms with van der Waals surface area (Å²) in [6, 6.07) is 41.8. The Morgan fingerprint density at radius 2 is 1.29 bits per heavy atom. The zero-order valence-electron chi connectivity index (χ0n) is 20.3. The van der Waals surface area contributed by atoms with E-state index in [0.717, 1.165) is 11.3 Å². The van der Waals surface area contributed by atoms with Crippen LogP contribution in [0.1, 0.15) is 0 Å². The van der Waals surface area contributed by atoms with Crippen molar-refractivity contribution in [2.24, 2.45) is 0 Å². The molecule has 38 heavy (non-hydrogen) atoms. The summed E-state index contributed by atoms with van der Waals surface area (Å²) in [5, 5.41) is 7.96. The fourth-order valence-corrected chi connectivity index (χ4v) is 7.46. The average Bonchev–Trinajstić information content (AvgIpc) is 3.63. The van der Waals surface area contributed by atoms with Crippen molar-refractivity contribution >= 4 is 69.6 Å². The molecule has 0 bridgehead atoms. The number of aromatic nitrogens is 2. The second kappa shape index (κ2) is 7.41. The number of pyridine rings is 1. The van der Waals surface area contributed by atoms with Crippen LogP contribution in [0.5, 0.6) is 0 Å². The highest BCUT2D eigenvalue weighted by Crippen LogP contribution is 2.48. The quantitative estimate of drug-likeness (QED) is 0.231. The van der Waals surface area contributed by atoms with Gasteiger partial charge < -0.3 is 4.40 Å². The van der Waals surface area contributed by atoms with Crippen LogP contribution in [0.3, 0.4) is 0 Å². The molecule has 9 aromatic rings. The molecule has 2 nitrogen and oxygen atoms in total. The fourth-order valence-electron chi connectivity index (χ4n) is 6.33. The maximum atomic E-state index is 4.65. The van der Waals surface area contributed by atoms with E-state index < -0.39 is 0 Å². The zero-order chi connectivity index (χ0) is 24.8. The summed E-state index contributed by atoms with van der Waals surface area (Å²) in [6.07, 6.45) is 1.87. The number of benzene rings is 5. The molecule has 4 heterocycles. The SMILES string of the molecule is c1ccc(-c2ccc3sc4cc5c6ccccc6n6c7ccc(-c8ccccn8)cc7c(c4c3c2)c56)cc1. The van der Waals surface area contributed by atoms with Crippen LogP contribution in [0.2, 0.25) is 0 Å². The summed E-state index contributed by atoms with van der Waals surface area (Å²) in [4.78, 5) is 4.65. The first-order valence-corrected chi connectivity index (χ1v) is 13.7. The van der Waals surface area contributed by atoms with E-state index in [-0.39, 0.29) is 0 Å². The standard InChI is InChI=1S/C35H20N2S/c1-2-8-21(9-3-1)22-14-16-31-27(18-22)33-32(38-31)20-25-24-10-4-5-12-29(24)37-30-15-13-23(28-11-6-7-17-36-28)19-26(30)34(33)35(25)37/h1-20H.